The molecule has 1 atom stereocenters. The Morgan fingerprint density at radius 1 is 1.09 bits per heavy atom. The normalized spacial score (nSPS) is 12.1. The van der Waals surface area contributed by atoms with Crippen LogP contribution in [0.2, 0.25) is 0 Å². The van der Waals surface area contributed by atoms with E-state index >= 15 is 0 Å². The molecular formula is C11H14N2O9. The van der Waals surface area contributed by atoms with Gasteiger partial charge in [0.2, 0.25) is 0 Å². The molecule has 0 bridgehead atoms. The summed E-state index contributed by atoms with van der Waals surface area (Å²) >= 11 is 0. The molecule has 0 aromatic carbocycles. The number of hydrogen-bond acceptors (Lipinski definition) is 6. The highest BCUT2D eigenvalue weighted by atomic mass is 16.5. The third kappa shape index (κ3) is 7.57. The molecule has 4 N–H and O–H groups in total. The zero-order valence-corrected chi connectivity index (χ0v) is 11.4. The molecule has 0 aliphatic heterocycles. The third-order valence-corrected chi connectivity index (χ3v) is 2.23. The van der Waals surface area contributed by atoms with E-state index in [0.717, 1.165) is 7.11 Å². The second-order valence-corrected chi connectivity index (χ2v) is 3.90. The second kappa shape index (κ2) is 9.05. The quantitative estimate of drug-likeness (QED) is 0.412. The Morgan fingerprint density at radius 3 is 2.09 bits per heavy atom. The predicted molar refractivity (Wildman–Crippen MR) is 68.5 cm³/mol. The molecule has 0 aliphatic rings. The van der Waals surface area contributed by atoms with Crippen molar-refractivity contribution in [1.29, 1.82) is 0 Å². The molecule has 0 unspecified atom stereocenters. The van der Waals surface area contributed by atoms with Crippen LogP contribution in [0.3, 0.4) is 0 Å². The van der Waals surface area contributed by atoms with Crippen LogP contribution in [0.1, 0.15) is 19.3 Å². The lowest BCUT2D eigenvalue weighted by Gasteiger charge is -2.13. The van der Waals surface area contributed by atoms with Crippen LogP contribution in [0.4, 0.5) is 4.79 Å². The number of nitrogens with one attached hydrogen (secondary N) is 1. The topological polar surface area (TPSA) is 180 Å². The number of methoxy groups -OCH3 is 1. The summed E-state index contributed by atoms with van der Waals surface area (Å²) in [5.74, 6) is -5.47. The van der Waals surface area contributed by atoms with Gasteiger partial charge in [0.05, 0.1) is 13.5 Å². The summed E-state index contributed by atoms with van der Waals surface area (Å²) in [6.45, 7) is 0. The second-order valence-electron chi connectivity index (χ2n) is 3.90. The number of carboxylic acid groups (broad SMARTS) is 3. The zero-order valence-electron chi connectivity index (χ0n) is 11.4. The number of aliphatic carboxylic acids is 3. The van der Waals surface area contributed by atoms with E-state index in [4.69, 9.17) is 15.3 Å². The van der Waals surface area contributed by atoms with Gasteiger partial charge in [-0.15, -0.1) is 0 Å². The van der Waals surface area contributed by atoms with E-state index in [-0.39, 0.29) is 0 Å². The van der Waals surface area contributed by atoms with Crippen molar-refractivity contribution in [1.82, 2.24) is 5.32 Å². The minimum absolute atomic E-state index is 0.422. The Labute approximate surface area is 123 Å². The average molecular weight is 318 g/mol. The van der Waals surface area contributed by atoms with Crippen molar-refractivity contribution in [2.45, 2.75) is 25.3 Å². The first-order valence-electron chi connectivity index (χ1n) is 5.80. The van der Waals surface area contributed by atoms with Gasteiger partial charge in [0.1, 0.15) is 11.8 Å². The number of hydrogen-bond donors (Lipinski definition) is 4. The summed E-state index contributed by atoms with van der Waals surface area (Å²) in [7, 11) is 0.953. The van der Waals surface area contributed by atoms with Crippen LogP contribution in [0.15, 0.2) is 4.99 Å². The Hall–Kier alpha value is -2.98. The van der Waals surface area contributed by atoms with E-state index in [2.05, 4.69) is 9.73 Å². The largest absolute Gasteiger partial charge is 0.481 e. The minimum atomic E-state index is -1.57. The van der Waals surface area contributed by atoms with Gasteiger partial charge in [-0.25, -0.2) is 9.59 Å². The maximum absolute atomic E-state index is 11.8. The van der Waals surface area contributed by atoms with Crippen LogP contribution in [0.5, 0.6) is 0 Å². The number of carboxylic acids is 3. The van der Waals surface area contributed by atoms with Crippen molar-refractivity contribution in [3.63, 3.8) is 0 Å². The van der Waals surface area contributed by atoms with E-state index in [1.807, 2.05) is 5.32 Å². The van der Waals surface area contributed by atoms with Gasteiger partial charge in [0.15, 0.2) is 0 Å². The molecule has 0 saturated heterocycles. The van der Waals surface area contributed by atoms with Gasteiger partial charge in [0, 0.05) is 6.42 Å². The predicted octanol–water partition coefficient (Wildman–Crippen LogP) is -0.897. The van der Waals surface area contributed by atoms with E-state index in [1.54, 1.807) is 0 Å². The van der Waals surface area contributed by atoms with Crippen LogP contribution in [0.25, 0.3) is 0 Å². The average Bonchev–Trinajstić information content (AvgIpc) is 2.41. The Kier molecular flexibility index (Phi) is 7.82. The monoisotopic (exact) mass is 318 g/mol. The van der Waals surface area contributed by atoms with Crippen molar-refractivity contribution in [3.8, 4) is 0 Å². The van der Waals surface area contributed by atoms with Crippen LogP contribution in [-0.2, 0) is 23.9 Å². The summed E-state index contributed by atoms with van der Waals surface area (Å²) in [5, 5.41) is 27.9. The fourth-order valence-electron chi connectivity index (χ4n) is 1.24. The number of carbonyl (C=O) groups is 5. The number of carbonyl (C=O) groups excluding carboxylic acids is 2. The molecule has 0 aromatic rings. The van der Waals surface area contributed by atoms with Crippen molar-refractivity contribution in [2.24, 2.45) is 4.99 Å². The number of amides is 2. The fraction of sp³-hybridized carbons (Fsp3) is 0.455. The molecule has 22 heavy (non-hydrogen) atoms. The van der Waals surface area contributed by atoms with E-state index < -0.39 is 60.9 Å². The van der Waals surface area contributed by atoms with Gasteiger partial charge in [-0.2, -0.15) is 4.99 Å². The van der Waals surface area contributed by atoms with Gasteiger partial charge in [-0.3, -0.25) is 14.4 Å². The molecule has 0 rings (SSSR count). The smallest absolute Gasteiger partial charge is 0.433 e. The first-order valence-corrected chi connectivity index (χ1v) is 5.80. The first kappa shape index (κ1) is 19.0. The highest BCUT2D eigenvalue weighted by molar-refractivity contribution is 6.43. The molecule has 0 aromatic heterocycles. The molecule has 0 saturated carbocycles. The molecule has 0 spiro atoms. The lowest BCUT2D eigenvalue weighted by molar-refractivity contribution is -0.142. The number of nitrogens with zero attached hydrogens (tertiary/aromatic N) is 1. The minimum Gasteiger partial charge on any atom is -0.481 e. The van der Waals surface area contributed by atoms with Crippen LogP contribution < -0.4 is 5.32 Å². The van der Waals surface area contributed by atoms with Crippen LogP contribution in [0, 0.1) is 0 Å². The van der Waals surface area contributed by atoms with E-state index in [9.17, 15) is 24.0 Å². The highest BCUT2D eigenvalue weighted by Crippen LogP contribution is 2.00. The summed E-state index contributed by atoms with van der Waals surface area (Å²) in [6, 6.07) is -1.57. The standard InChI is InChI=1S/C11H14N2O9/c1-22-11(21)13-6(4-8(16)17)9(18)12-5(10(19)20)2-3-7(14)15/h5H,2-4H2,1H3,(H,12,18)(H,14,15)(H,16,17)(H,19,20)/b13-6+/t5-/m0/s1. The molecule has 0 heterocycles. The molecule has 0 fully saturated rings. The van der Waals surface area contributed by atoms with E-state index in [0.29, 0.717) is 0 Å². The molecule has 122 valence electrons. The van der Waals surface area contributed by atoms with Crippen molar-refractivity contribution in [3.05, 3.63) is 0 Å². The third-order valence-electron chi connectivity index (χ3n) is 2.23. The lowest BCUT2D eigenvalue weighted by atomic mass is 10.1. The molecule has 0 radical (unpaired) electrons. The Balaban J connectivity index is 5.07. The molecule has 2 amide bonds. The van der Waals surface area contributed by atoms with Gasteiger partial charge in [-0.05, 0) is 6.42 Å². The number of aliphatic imine (C=N–C) groups is 1. The molecule has 11 nitrogen and oxygen atoms in total. The van der Waals surface area contributed by atoms with Crippen LogP contribution in [-0.4, -0.2) is 64.1 Å². The Morgan fingerprint density at radius 2 is 1.68 bits per heavy atom. The summed E-state index contributed by atoms with van der Waals surface area (Å²) in [6.07, 6.45) is -3.12. The van der Waals surface area contributed by atoms with Crippen molar-refractivity contribution >= 4 is 35.6 Å². The Bertz CT molecular complexity index is 512. The van der Waals surface area contributed by atoms with Crippen molar-refractivity contribution < 1.29 is 44.0 Å². The van der Waals surface area contributed by atoms with Crippen molar-refractivity contribution in [2.75, 3.05) is 7.11 Å². The maximum Gasteiger partial charge on any atom is 0.433 e. The summed E-state index contributed by atoms with van der Waals surface area (Å²) < 4.78 is 4.15. The van der Waals surface area contributed by atoms with Gasteiger partial charge >= 0.3 is 24.0 Å². The van der Waals surface area contributed by atoms with Gasteiger partial charge < -0.3 is 25.4 Å². The summed E-state index contributed by atoms with van der Waals surface area (Å²) in [4.78, 5) is 57.8. The summed E-state index contributed by atoms with van der Waals surface area (Å²) in [5.41, 5.74) is -0.763. The molecule has 0 aliphatic carbocycles. The maximum atomic E-state index is 11.8. The highest BCUT2D eigenvalue weighted by Gasteiger charge is 2.25. The molecular weight excluding hydrogens is 304 g/mol. The van der Waals surface area contributed by atoms with Gasteiger partial charge in [0.25, 0.3) is 5.91 Å². The van der Waals surface area contributed by atoms with Crippen LogP contribution >= 0.6 is 0 Å². The number of ether oxygens (including phenoxy) is 1. The number of rotatable bonds is 8. The fourth-order valence-corrected chi connectivity index (χ4v) is 1.24. The lowest BCUT2D eigenvalue weighted by Crippen LogP contribution is -2.44. The SMILES string of the molecule is COC(=O)/N=C(\CC(=O)O)C(=O)N[C@@H](CCC(=O)O)C(=O)O. The van der Waals surface area contributed by atoms with E-state index in [1.165, 1.54) is 0 Å². The van der Waals surface area contributed by atoms with Gasteiger partial charge in [-0.1, -0.05) is 0 Å². The first-order chi connectivity index (χ1) is 10.2. The molecule has 11 heteroatoms. The zero-order chi connectivity index (χ0) is 17.3.